The van der Waals surface area contributed by atoms with E-state index in [1.807, 2.05) is 41.1 Å². The summed E-state index contributed by atoms with van der Waals surface area (Å²) in [6, 6.07) is 11.4. The van der Waals surface area contributed by atoms with Gasteiger partial charge in [0.15, 0.2) is 0 Å². The Morgan fingerprint density at radius 2 is 1.92 bits per heavy atom. The molecule has 1 aromatic carbocycles. The van der Waals surface area contributed by atoms with Gasteiger partial charge in [-0.15, -0.1) is 0 Å². The molecule has 0 spiro atoms. The zero-order valence-corrected chi connectivity index (χ0v) is 14.4. The molecular formula is C19H24N4O2. The number of carbonyl (C=O) groups excluding carboxylic acids is 2. The highest BCUT2D eigenvalue weighted by atomic mass is 16.2. The van der Waals surface area contributed by atoms with E-state index >= 15 is 0 Å². The normalized spacial score (nSPS) is 15.7. The van der Waals surface area contributed by atoms with Gasteiger partial charge in [0.05, 0.1) is 24.7 Å². The van der Waals surface area contributed by atoms with E-state index < -0.39 is 0 Å². The minimum atomic E-state index is -0.346. The second-order valence-corrected chi connectivity index (χ2v) is 6.52. The van der Waals surface area contributed by atoms with Crippen LogP contribution in [0.1, 0.15) is 56.7 Å². The van der Waals surface area contributed by atoms with Gasteiger partial charge >= 0.3 is 0 Å². The van der Waals surface area contributed by atoms with Crippen LogP contribution >= 0.6 is 0 Å². The topological polar surface area (TPSA) is 76.0 Å². The van der Waals surface area contributed by atoms with Gasteiger partial charge < -0.3 is 10.6 Å². The number of anilines is 1. The number of hydrogen-bond donors (Lipinski definition) is 2. The largest absolute Gasteiger partial charge is 0.349 e. The van der Waals surface area contributed by atoms with Crippen molar-refractivity contribution in [2.75, 3.05) is 5.32 Å². The Labute approximate surface area is 147 Å². The Kier molecular flexibility index (Phi) is 5.48. The quantitative estimate of drug-likeness (QED) is 0.848. The lowest BCUT2D eigenvalue weighted by Crippen LogP contribution is -2.30. The first kappa shape index (κ1) is 17.2. The van der Waals surface area contributed by atoms with Gasteiger partial charge in [-0.25, -0.2) is 4.68 Å². The lowest BCUT2D eigenvalue weighted by atomic mass is 10.0. The zero-order chi connectivity index (χ0) is 17.6. The van der Waals surface area contributed by atoms with Crippen molar-refractivity contribution in [2.24, 2.45) is 0 Å². The Balaban J connectivity index is 1.68. The Morgan fingerprint density at radius 1 is 1.20 bits per heavy atom. The van der Waals surface area contributed by atoms with Gasteiger partial charge in [-0.1, -0.05) is 43.2 Å². The Morgan fingerprint density at radius 3 is 2.60 bits per heavy atom. The van der Waals surface area contributed by atoms with Gasteiger partial charge in [0, 0.05) is 13.0 Å². The molecule has 1 heterocycles. The maximum atomic E-state index is 12.5. The average molecular weight is 340 g/mol. The summed E-state index contributed by atoms with van der Waals surface area (Å²) < 4.78 is 1.92. The third-order valence-electron chi connectivity index (χ3n) is 4.58. The van der Waals surface area contributed by atoms with Crippen LogP contribution in [0.4, 0.5) is 5.82 Å². The van der Waals surface area contributed by atoms with E-state index in [-0.39, 0.29) is 24.3 Å². The van der Waals surface area contributed by atoms with E-state index in [4.69, 9.17) is 0 Å². The lowest BCUT2D eigenvalue weighted by Gasteiger charge is -2.19. The van der Waals surface area contributed by atoms with Crippen LogP contribution in [0, 0.1) is 0 Å². The molecule has 0 unspecified atom stereocenters. The van der Waals surface area contributed by atoms with Gasteiger partial charge in [0.25, 0.3) is 0 Å². The molecule has 6 heteroatoms. The summed E-state index contributed by atoms with van der Waals surface area (Å²) in [5.41, 5.74) is 0.914. The van der Waals surface area contributed by atoms with Crippen LogP contribution in [-0.4, -0.2) is 21.6 Å². The van der Waals surface area contributed by atoms with Crippen LogP contribution in [0.15, 0.2) is 42.6 Å². The molecule has 1 atom stereocenters. The predicted octanol–water partition coefficient (Wildman–Crippen LogP) is 3.20. The van der Waals surface area contributed by atoms with Crippen LogP contribution < -0.4 is 10.6 Å². The number of amides is 2. The highest BCUT2D eigenvalue weighted by molar-refractivity contribution is 5.90. The summed E-state index contributed by atoms with van der Waals surface area (Å²) in [6.45, 7) is 1.46. The van der Waals surface area contributed by atoms with Crippen molar-refractivity contribution in [3.63, 3.8) is 0 Å². The van der Waals surface area contributed by atoms with E-state index in [2.05, 4.69) is 15.7 Å². The standard InChI is InChI=1S/C19H24N4O2/c1-14(24)21-17(15-7-3-2-4-8-15)13-19(25)22-18-11-12-20-23(18)16-9-5-6-10-16/h2-4,7-8,11-12,16-17H,5-6,9-10,13H2,1H3,(H,21,24)(H,22,25)/t17-/m1/s1. The monoisotopic (exact) mass is 340 g/mol. The predicted molar refractivity (Wildman–Crippen MR) is 96.0 cm³/mol. The number of carbonyl (C=O) groups is 2. The molecule has 2 N–H and O–H groups in total. The van der Waals surface area contributed by atoms with Gasteiger partial charge in [0.2, 0.25) is 11.8 Å². The van der Waals surface area contributed by atoms with Crippen molar-refractivity contribution in [3.05, 3.63) is 48.2 Å². The highest BCUT2D eigenvalue weighted by Crippen LogP contribution is 2.31. The Hall–Kier alpha value is -2.63. The van der Waals surface area contributed by atoms with Gasteiger partial charge in [-0.05, 0) is 18.4 Å². The number of nitrogens with one attached hydrogen (secondary N) is 2. The summed E-state index contributed by atoms with van der Waals surface area (Å²) in [5.74, 6) is 0.437. The van der Waals surface area contributed by atoms with E-state index in [0.717, 1.165) is 24.2 Å². The number of nitrogens with zero attached hydrogens (tertiary/aromatic N) is 2. The van der Waals surface area contributed by atoms with Crippen molar-refractivity contribution in [1.29, 1.82) is 0 Å². The van der Waals surface area contributed by atoms with E-state index in [1.165, 1.54) is 19.8 Å². The summed E-state index contributed by atoms with van der Waals surface area (Å²) in [6.07, 6.45) is 6.51. The third-order valence-corrected chi connectivity index (χ3v) is 4.58. The molecule has 1 aliphatic carbocycles. The first-order valence-corrected chi connectivity index (χ1v) is 8.79. The SMILES string of the molecule is CC(=O)N[C@H](CC(=O)Nc1ccnn1C1CCCC1)c1ccccc1. The maximum absolute atomic E-state index is 12.5. The van der Waals surface area contributed by atoms with Crippen LogP contribution in [0.3, 0.4) is 0 Å². The van der Waals surface area contributed by atoms with Crippen molar-refractivity contribution in [2.45, 2.75) is 51.1 Å². The molecule has 132 valence electrons. The fourth-order valence-electron chi connectivity index (χ4n) is 3.42. The molecular weight excluding hydrogens is 316 g/mol. The third kappa shape index (κ3) is 4.47. The maximum Gasteiger partial charge on any atom is 0.227 e. The van der Waals surface area contributed by atoms with Crippen molar-refractivity contribution in [1.82, 2.24) is 15.1 Å². The van der Waals surface area contributed by atoms with Gasteiger partial charge in [-0.3, -0.25) is 9.59 Å². The highest BCUT2D eigenvalue weighted by Gasteiger charge is 2.22. The number of rotatable bonds is 6. The number of hydrogen-bond acceptors (Lipinski definition) is 3. The van der Waals surface area contributed by atoms with Gasteiger partial charge in [-0.2, -0.15) is 5.10 Å². The summed E-state index contributed by atoms with van der Waals surface area (Å²) in [5, 5.41) is 10.2. The molecule has 1 saturated carbocycles. The van der Waals surface area contributed by atoms with E-state index in [9.17, 15) is 9.59 Å². The molecule has 6 nitrogen and oxygen atoms in total. The molecule has 1 aromatic heterocycles. The molecule has 0 radical (unpaired) electrons. The average Bonchev–Trinajstić information content (AvgIpc) is 3.25. The van der Waals surface area contributed by atoms with Crippen molar-refractivity contribution >= 4 is 17.6 Å². The fraction of sp³-hybridized carbons (Fsp3) is 0.421. The minimum Gasteiger partial charge on any atom is -0.349 e. The van der Waals surface area contributed by atoms with E-state index in [1.54, 1.807) is 6.20 Å². The molecule has 25 heavy (non-hydrogen) atoms. The molecule has 2 amide bonds. The summed E-state index contributed by atoms with van der Waals surface area (Å²) >= 11 is 0. The second-order valence-electron chi connectivity index (χ2n) is 6.52. The molecule has 0 saturated heterocycles. The summed E-state index contributed by atoms with van der Waals surface area (Å²) in [7, 11) is 0. The zero-order valence-electron chi connectivity index (χ0n) is 14.4. The first-order valence-electron chi connectivity index (χ1n) is 8.79. The molecule has 0 bridgehead atoms. The van der Waals surface area contributed by atoms with Gasteiger partial charge in [0.1, 0.15) is 5.82 Å². The minimum absolute atomic E-state index is 0.137. The molecule has 0 aliphatic heterocycles. The van der Waals surface area contributed by atoms with Crippen molar-refractivity contribution in [3.8, 4) is 0 Å². The smallest absolute Gasteiger partial charge is 0.227 e. The molecule has 1 fully saturated rings. The van der Waals surface area contributed by atoms with Crippen LogP contribution in [0.25, 0.3) is 0 Å². The second kappa shape index (κ2) is 7.96. The van der Waals surface area contributed by atoms with Crippen molar-refractivity contribution < 1.29 is 9.59 Å². The molecule has 2 aromatic rings. The number of benzene rings is 1. The Bertz CT molecular complexity index is 720. The van der Waals surface area contributed by atoms with E-state index in [0.29, 0.717) is 6.04 Å². The summed E-state index contributed by atoms with van der Waals surface area (Å²) in [4.78, 5) is 24.0. The van der Waals surface area contributed by atoms with Crippen LogP contribution in [0.5, 0.6) is 0 Å². The fourth-order valence-corrected chi connectivity index (χ4v) is 3.42. The lowest BCUT2D eigenvalue weighted by molar-refractivity contribution is -0.120. The van der Waals surface area contributed by atoms with Crippen LogP contribution in [0.2, 0.25) is 0 Å². The molecule has 3 rings (SSSR count). The number of aromatic nitrogens is 2. The van der Waals surface area contributed by atoms with Crippen LogP contribution in [-0.2, 0) is 9.59 Å². The first-order chi connectivity index (χ1) is 12.1. The molecule has 1 aliphatic rings.